The molecule has 0 aliphatic rings. The van der Waals surface area contributed by atoms with Crippen LogP contribution in [0.4, 0.5) is 5.69 Å². The maximum Gasteiger partial charge on any atom is 0.224 e. The molecule has 0 saturated heterocycles. The van der Waals surface area contributed by atoms with Crippen molar-refractivity contribution in [2.24, 2.45) is 0 Å². The second kappa shape index (κ2) is 5.12. The molecule has 4 heteroatoms. The summed E-state index contributed by atoms with van der Waals surface area (Å²) < 4.78 is 0. The lowest BCUT2D eigenvalue weighted by atomic mass is 10.2. The average molecular weight is 213 g/mol. The predicted octanol–water partition coefficient (Wildman–Crippen LogP) is 2.16. The van der Waals surface area contributed by atoms with Gasteiger partial charge in [-0.2, -0.15) is 0 Å². The molecule has 1 heterocycles. The van der Waals surface area contributed by atoms with Crippen LogP contribution in [-0.2, 0) is 4.79 Å². The maximum atomic E-state index is 11.3. The van der Waals surface area contributed by atoms with Gasteiger partial charge in [0.2, 0.25) is 5.91 Å². The number of aliphatic hydroxyl groups excluding tert-OH is 1. The van der Waals surface area contributed by atoms with Crippen molar-refractivity contribution >= 4 is 22.9 Å². The molecule has 1 unspecified atom stereocenters. The van der Waals surface area contributed by atoms with Gasteiger partial charge in [0.1, 0.15) is 0 Å². The summed E-state index contributed by atoms with van der Waals surface area (Å²) in [5.74, 6) is -0.0348. The van der Waals surface area contributed by atoms with Crippen LogP contribution >= 0.6 is 11.3 Å². The molecule has 0 aliphatic heterocycles. The van der Waals surface area contributed by atoms with Crippen LogP contribution < -0.4 is 5.32 Å². The van der Waals surface area contributed by atoms with Gasteiger partial charge in [-0.3, -0.25) is 4.79 Å². The van der Waals surface area contributed by atoms with Crippen molar-refractivity contribution in [1.29, 1.82) is 0 Å². The minimum absolute atomic E-state index is 0.0348. The van der Waals surface area contributed by atoms with Gasteiger partial charge in [-0.1, -0.05) is 0 Å². The van der Waals surface area contributed by atoms with E-state index in [1.807, 2.05) is 17.7 Å². The van der Waals surface area contributed by atoms with E-state index in [9.17, 15) is 4.79 Å². The van der Waals surface area contributed by atoms with Gasteiger partial charge in [0, 0.05) is 11.8 Å². The topological polar surface area (TPSA) is 49.3 Å². The summed E-state index contributed by atoms with van der Waals surface area (Å²) in [5.41, 5.74) is 1.96. The summed E-state index contributed by atoms with van der Waals surface area (Å²) in [6.45, 7) is 3.64. The summed E-state index contributed by atoms with van der Waals surface area (Å²) >= 11 is 1.57. The van der Waals surface area contributed by atoms with Gasteiger partial charge in [0.25, 0.3) is 0 Å². The normalized spacial score (nSPS) is 12.5. The van der Waals surface area contributed by atoms with Crippen molar-refractivity contribution in [1.82, 2.24) is 0 Å². The van der Waals surface area contributed by atoms with Crippen LogP contribution in [0.25, 0.3) is 0 Å². The number of nitrogens with one attached hydrogen (secondary N) is 1. The largest absolute Gasteiger partial charge is 0.393 e. The van der Waals surface area contributed by atoms with Crippen molar-refractivity contribution < 1.29 is 9.90 Å². The highest BCUT2D eigenvalue weighted by molar-refractivity contribution is 7.08. The molecule has 0 fully saturated rings. The van der Waals surface area contributed by atoms with E-state index in [0.29, 0.717) is 12.8 Å². The fourth-order valence-electron chi connectivity index (χ4n) is 1.04. The summed E-state index contributed by atoms with van der Waals surface area (Å²) in [6.07, 6.45) is 0.464. The third-order valence-electron chi connectivity index (χ3n) is 1.92. The SMILES string of the molecule is Cc1cscc1NC(=O)CCC(C)O. The van der Waals surface area contributed by atoms with Crippen molar-refractivity contribution in [3.8, 4) is 0 Å². The predicted molar refractivity (Wildman–Crippen MR) is 58.6 cm³/mol. The maximum absolute atomic E-state index is 11.3. The molecular weight excluding hydrogens is 198 g/mol. The number of carbonyl (C=O) groups excluding carboxylic acids is 1. The fourth-order valence-corrected chi connectivity index (χ4v) is 1.82. The number of hydrogen-bond donors (Lipinski definition) is 2. The van der Waals surface area contributed by atoms with Crippen molar-refractivity contribution in [3.05, 3.63) is 16.3 Å². The second-order valence-corrected chi connectivity index (χ2v) is 4.15. The molecule has 1 aromatic rings. The van der Waals surface area contributed by atoms with E-state index < -0.39 is 6.10 Å². The zero-order valence-electron chi connectivity index (χ0n) is 8.41. The first-order chi connectivity index (χ1) is 6.59. The molecule has 0 aromatic carbocycles. The first-order valence-corrected chi connectivity index (χ1v) is 5.54. The minimum Gasteiger partial charge on any atom is -0.393 e. The number of aliphatic hydroxyl groups is 1. The van der Waals surface area contributed by atoms with Crippen molar-refractivity contribution in [3.63, 3.8) is 0 Å². The minimum atomic E-state index is -0.413. The van der Waals surface area contributed by atoms with Crippen LogP contribution in [0.1, 0.15) is 25.3 Å². The monoisotopic (exact) mass is 213 g/mol. The zero-order valence-corrected chi connectivity index (χ0v) is 9.23. The lowest BCUT2D eigenvalue weighted by Crippen LogP contribution is -2.14. The quantitative estimate of drug-likeness (QED) is 0.805. The average Bonchev–Trinajstić information content (AvgIpc) is 2.49. The summed E-state index contributed by atoms with van der Waals surface area (Å²) in [6, 6.07) is 0. The van der Waals surface area contributed by atoms with Crippen LogP contribution in [0.3, 0.4) is 0 Å². The Labute approximate surface area is 87.8 Å². The summed E-state index contributed by atoms with van der Waals surface area (Å²) in [5, 5.41) is 15.7. The van der Waals surface area contributed by atoms with E-state index in [-0.39, 0.29) is 5.91 Å². The third kappa shape index (κ3) is 3.47. The Kier molecular flexibility index (Phi) is 4.10. The number of amides is 1. The Morgan fingerprint density at radius 2 is 2.36 bits per heavy atom. The van der Waals surface area contributed by atoms with E-state index in [1.54, 1.807) is 18.3 Å². The van der Waals surface area contributed by atoms with Gasteiger partial charge in [-0.25, -0.2) is 0 Å². The molecule has 0 aliphatic carbocycles. The first kappa shape index (κ1) is 11.2. The number of anilines is 1. The molecule has 1 atom stereocenters. The molecule has 1 rings (SSSR count). The van der Waals surface area contributed by atoms with Crippen LogP contribution in [0.5, 0.6) is 0 Å². The third-order valence-corrected chi connectivity index (χ3v) is 2.78. The Morgan fingerprint density at radius 3 is 2.86 bits per heavy atom. The first-order valence-electron chi connectivity index (χ1n) is 4.60. The molecule has 1 amide bonds. The Hall–Kier alpha value is -0.870. The highest BCUT2D eigenvalue weighted by Crippen LogP contribution is 2.19. The molecule has 0 bridgehead atoms. The van der Waals surface area contributed by atoms with Gasteiger partial charge in [0.05, 0.1) is 11.8 Å². The summed E-state index contributed by atoms with van der Waals surface area (Å²) in [7, 11) is 0. The number of carbonyl (C=O) groups is 1. The molecule has 0 radical (unpaired) electrons. The molecule has 0 saturated carbocycles. The fraction of sp³-hybridized carbons (Fsp3) is 0.500. The highest BCUT2D eigenvalue weighted by atomic mass is 32.1. The van der Waals surface area contributed by atoms with Crippen LogP contribution in [0, 0.1) is 6.92 Å². The van der Waals surface area contributed by atoms with Gasteiger partial charge in [-0.05, 0) is 31.2 Å². The van der Waals surface area contributed by atoms with E-state index in [0.717, 1.165) is 11.3 Å². The van der Waals surface area contributed by atoms with E-state index in [1.165, 1.54) is 0 Å². The standard InChI is InChI=1S/C10H15NO2S/c1-7-5-14-6-9(7)11-10(13)4-3-8(2)12/h5-6,8,12H,3-4H2,1-2H3,(H,11,13). The molecule has 78 valence electrons. The number of hydrogen-bond acceptors (Lipinski definition) is 3. The van der Waals surface area contributed by atoms with Gasteiger partial charge in [0.15, 0.2) is 0 Å². The van der Waals surface area contributed by atoms with E-state index in [4.69, 9.17) is 5.11 Å². The van der Waals surface area contributed by atoms with Gasteiger partial charge < -0.3 is 10.4 Å². The Morgan fingerprint density at radius 1 is 1.64 bits per heavy atom. The number of thiophene rings is 1. The van der Waals surface area contributed by atoms with Crippen LogP contribution in [-0.4, -0.2) is 17.1 Å². The zero-order chi connectivity index (χ0) is 10.6. The molecule has 0 spiro atoms. The van der Waals surface area contributed by atoms with Crippen molar-refractivity contribution in [2.45, 2.75) is 32.8 Å². The van der Waals surface area contributed by atoms with E-state index >= 15 is 0 Å². The Bertz CT molecular complexity index is 307. The molecule has 14 heavy (non-hydrogen) atoms. The molecule has 3 nitrogen and oxygen atoms in total. The highest BCUT2D eigenvalue weighted by Gasteiger charge is 2.06. The van der Waals surface area contributed by atoms with Crippen LogP contribution in [0.2, 0.25) is 0 Å². The van der Waals surface area contributed by atoms with Crippen LogP contribution in [0.15, 0.2) is 10.8 Å². The van der Waals surface area contributed by atoms with Crippen molar-refractivity contribution in [2.75, 3.05) is 5.32 Å². The van der Waals surface area contributed by atoms with Gasteiger partial charge >= 0.3 is 0 Å². The van der Waals surface area contributed by atoms with E-state index in [2.05, 4.69) is 5.32 Å². The Balaban J connectivity index is 2.38. The lowest BCUT2D eigenvalue weighted by Gasteiger charge is -2.05. The number of aryl methyl sites for hydroxylation is 1. The molecular formula is C10H15NO2S. The molecule has 2 N–H and O–H groups in total. The summed E-state index contributed by atoms with van der Waals surface area (Å²) in [4.78, 5) is 11.3. The molecule has 1 aromatic heterocycles. The lowest BCUT2D eigenvalue weighted by molar-refractivity contribution is -0.116. The number of rotatable bonds is 4. The smallest absolute Gasteiger partial charge is 0.224 e. The second-order valence-electron chi connectivity index (χ2n) is 3.40. The van der Waals surface area contributed by atoms with Gasteiger partial charge in [-0.15, -0.1) is 11.3 Å².